The monoisotopic (exact) mass is 253 g/mol. The summed E-state index contributed by atoms with van der Waals surface area (Å²) in [7, 11) is 0. The standard InChI is InChI=1S/C13H23N3O2/c14-13(5-8-18-9-13)12(17)15-10-3-6-16(7-4-10)11-1-2-11/h10-11H,1-9,14H2,(H,15,17). The maximum atomic E-state index is 12.1. The van der Waals surface area contributed by atoms with Crippen LogP contribution in [0, 0.1) is 0 Å². The molecule has 3 fully saturated rings. The van der Waals surface area contributed by atoms with Gasteiger partial charge in [-0.1, -0.05) is 0 Å². The minimum atomic E-state index is -0.784. The first kappa shape index (κ1) is 12.4. The van der Waals surface area contributed by atoms with Crippen LogP contribution in [0.25, 0.3) is 0 Å². The number of carbonyl (C=O) groups is 1. The van der Waals surface area contributed by atoms with Crippen molar-refractivity contribution in [3.8, 4) is 0 Å². The molecule has 3 aliphatic rings. The summed E-state index contributed by atoms with van der Waals surface area (Å²) in [6.45, 7) is 3.19. The van der Waals surface area contributed by atoms with Gasteiger partial charge in [-0.15, -0.1) is 0 Å². The summed E-state index contributed by atoms with van der Waals surface area (Å²) in [4.78, 5) is 14.7. The van der Waals surface area contributed by atoms with Crippen molar-refractivity contribution in [1.29, 1.82) is 0 Å². The lowest BCUT2D eigenvalue weighted by molar-refractivity contribution is -0.127. The van der Waals surface area contributed by atoms with Crippen molar-refractivity contribution >= 4 is 5.91 Å². The van der Waals surface area contributed by atoms with Gasteiger partial charge in [0.1, 0.15) is 5.54 Å². The molecule has 0 bridgehead atoms. The van der Waals surface area contributed by atoms with Gasteiger partial charge in [0.15, 0.2) is 0 Å². The highest BCUT2D eigenvalue weighted by Crippen LogP contribution is 2.29. The fraction of sp³-hybridized carbons (Fsp3) is 0.923. The SMILES string of the molecule is NC1(C(=O)NC2CCN(C3CC3)CC2)CCOC1. The third-order valence-corrected chi connectivity index (χ3v) is 4.43. The zero-order valence-electron chi connectivity index (χ0n) is 10.9. The quantitative estimate of drug-likeness (QED) is 0.734. The number of nitrogens with zero attached hydrogens (tertiary/aromatic N) is 1. The van der Waals surface area contributed by atoms with Gasteiger partial charge in [-0.2, -0.15) is 0 Å². The summed E-state index contributed by atoms with van der Waals surface area (Å²) in [6, 6.07) is 1.14. The second kappa shape index (κ2) is 4.79. The highest BCUT2D eigenvalue weighted by Gasteiger charge is 2.40. The van der Waals surface area contributed by atoms with Crippen molar-refractivity contribution in [3.63, 3.8) is 0 Å². The summed E-state index contributed by atoms with van der Waals surface area (Å²) >= 11 is 0. The van der Waals surface area contributed by atoms with Crippen LogP contribution in [-0.2, 0) is 9.53 Å². The van der Waals surface area contributed by atoms with Crippen LogP contribution in [-0.4, -0.2) is 54.7 Å². The molecule has 0 spiro atoms. The number of hydrogen-bond donors (Lipinski definition) is 2. The second-order valence-electron chi connectivity index (χ2n) is 5.97. The number of carbonyl (C=O) groups excluding carboxylic acids is 1. The first-order valence-corrected chi connectivity index (χ1v) is 7.09. The van der Waals surface area contributed by atoms with Gasteiger partial charge in [-0.3, -0.25) is 4.79 Å². The van der Waals surface area contributed by atoms with Gasteiger partial charge in [0.25, 0.3) is 0 Å². The topological polar surface area (TPSA) is 67.6 Å². The summed E-state index contributed by atoms with van der Waals surface area (Å²) in [5.74, 6) is -0.0233. The van der Waals surface area contributed by atoms with Crippen LogP contribution in [0.5, 0.6) is 0 Å². The molecule has 3 rings (SSSR count). The van der Waals surface area contributed by atoms with Gasteiger partial charge < -0.3 is 20.7 Å². The maximum absolute atomic E-state index is 12.1. The summed E-state index contributed by atoms with van der Waals surface area (Å²) in [5, 5.41) is 3.11. The number of amides is 1. The van der Waals surface area contributed by atoms with Crippen molar-refractivity contribution in [2.45, 2.75) is 49.7 Å². The van der Waals surface area contributed by atoms with E-state index in [2.05, 4.69) is 10.2 Å². The maximum Gasteiger partial charge on any atom is 0.242 e. The van der Waals surface area contributed by atoms with E-state index in [0.29, 0.717) is 25.7 Å². The molecule has 1 amide bonds. The van der Waals surface area contributed by atoms with Crippen LogP contribution in [0.1, 0.15) is 32.1 Å². The van der Waals surface area contributed by atoms with Crippen molar-refractivity contribution < 1.29 is 9.53 Å². The van der Waals surface area contributed by atoms with Crippen LogP contribution >= 0.6 is 0 Å². The van der Waals surface area contributed by atoms with E-state index in [4.69, 9.17) is 10.5 Å². The highest BCUT2D eigenvalue weighted by molar-refractivity contribution is 5.86. The number of nitrogens with one attached hydrogen (secondary N) is 1. The molecule has 1 atom stereocenters. The van der Waals surface area contributed by atoms with Crippen molar-refractivity contribution in [2.24, 2.45) is 5.73 Å². The summed E-state index contributed by atoms with van der Waals surface area (Å²) < 4.78 is 5.23. The fourth-order valence-electron chi connectivity index (χ4n) is 2.94. The zero-order valence-corrected chi connectivity index (χ0v) is 10.9. The van der Waals surface area contributed by atoms with Gasteiger partial charge in [0.05, 0.1) is 6.61 Å². The Labute approximate surface area is 108 Å². The Morgan fingerprint density at radius 1 is 1.28 bits per heavy atom. The van der Waals surface area contributed by atoms with Crippen molar-refractivity contribution in [3.05, 3.63) is 0 Å². The van der Waals surface area contributed by atoms with Gasteiger partial charge in [0, 0.05) is 31.8 Å². The Kier molecular flexibility index (Phi) is 3.30. The fourth-order valence-corrected chi connectivity index (χ4v) is 2.94. The minimum absolute atomic E-state index is 0.0233. The van der Waals surface area contributed by atoms with Gasteiger partial charge >= 0.3 is 0 Å². The molecular weight excluding hydrogens is 230 g/mol. The first-order chi connectivity index (χ1) is 8.67. The molecular formula is C13H23N3O2. The Balaban J connectivity index is 1.47. The third kappa shape index (κ3) is 2.53. The lowest BCUT2D eigenvalue weighted by Gasteiger charge is -2.34. The molecule has 1 unspecified atom stereocenters. The van der Waals surface area contributed by atoms with Crippen LogP contribution in [0.4, 0.5) is 0 Å². The van der Waals surface area contributed by atoms with Crippen molar-refractivity contribution in [1.82, 2.24) is 10.2 Å². The predicted octanol–water partition coefficient (Wildman–Crippen LogP) is -0.153. The minimum Gasteiger partial charge on any atom is -0.379 e. The van der Waals surface area contributed by atoms with Crippen LogP contribution in [0.3, 0.4) is 0 Å². The van der Waals surface area contributed by atoms with Crippen molar-refractivity contribution in [2.75, 3.05) is 26.3 Å². The van der Waals surface area contributed by atoms with E-state index < -0.39 is 5.54 Å². The molecule has 1 aliphatic carbocycles. The number of likely N-dealkylation sites (tertiary alicyclic amines) is 1. The molecule has 3 N–H and O–H groups in total. The average Bonchev–Trinajstić information content (AvgIpc) is 3.13. The number of piperidine rings is 1. The molecule has 2 heterocycles. The van der Waals surface area contributed by atoms with E-state index in [-0.39, 0.29) is 5.91 Å². The third-order valence-electron chi connectivity index (χ3n) is 4.43. The summed E-state index contributed by atoms with van der Waals surface area (Å²) in [5.41, 5.74) is 5.27. The largest absolute Gasteiger partial charge is 0.379 e. The highest BCUT2D eigenvalue weighted by atomic mass is 16.5. The molecule has 18 heavy (non-hydrogen) atoms. The van der Waals surface area contributed by atoms with Crippen LogP contribution in [0.15, 0.2) is 0 Å². The Morgan fingerprint density at radius 3 is 2.56 bits per heavy atom. The van der Waals surface area contributed by atoms with Gasteiger partial charge in [-0.05, 0) is 32.1 Å². The second-order valence-corrected chi connectivity index (χ2v) is 5.97. The number of rotatable bonds is 3. The molecule has 2 aliphatic heterocycles. The number of ether oxygens (including phenoxy) is 1. The normalized spacial score (nSPS) is 34.7. The molecule has 0 radical (unpaired) electrons. The molecule has 5 nitrogen and oxygen atoms in total. The smallest absolute Gasteiger partial charge is 0.242 e. The molecule has 0 aromatic heterocycles. The number of nitrogens with two attached hydrogens (primary N) is 1. The molecule has 0 aromatic carbocycles. The molecule has 0 aromatic rings. The van der Waals surface area contributed by atoms with E-state index in [9.17, 15) is 4.79 Å². The lowest BCUT2D eigenvalue weighted by atomic mass is 9.97. The molecule has 102 valence electrons. The Hall–Kier alpha value is -0.650. The average molecular weight is 253 g/mol. The Morgan fingerprint density at radius 2 is 2.00 bits per heavy atom. The van der Waals surface area contributed by atoms with E-state index in [1.807, 2.05) is 0 Å². The molecule has 2 saturated heterocycles. The zero-order chi connectivity index (χ0) is 12.6. The molecule has 5 heteroatoms. The lowest BCUT2D eigenvalue weighted by Crippen LogP contribution is -2.58. The Bertz CT molecular complexity index is 316. The van der Waals surface area contributed by atoms with Crippen LogP contribution < -0.4 is 11.1 Å². The van der Waals surface area contributed by atoms with E-state index >= 15 is 0 Å². The van der Waals surface area contributed by atoms with E-state index in [1.54, 1.807) is 0 Å². The number of hydrogen-bond acceptors (Lipinski definition) is 4. The predicted molar refractivity (Wildman–Crippen MR) is 68.1 cm³/mol. The van der Waals surface area contributed by atoms with Gasteiger partial charge in [-0.25, -0.2) is 0 Å². The first-order valence-electron chi connectivity index (χ1n) is 7.09. The van der Waals surface area contributed by atoms with Gasteiger partial charge in [0.2, 0.25) is 5.91 Å². The van der Waals surface area contributed by atoms with E-state index in [1.165, 1.54) is 12.8 Å². The molecule has 1 saturated carbocycles. The van der Waals surface area contributed by atoms with Crippen LogP contribution in [0.2, 0.25) is 0 Å². The van der Waals surface area contributed by atoms with E-state index in [0.717, 1.165) is 32.0 Å². The summed E-state index contributed by atoms with van der Waals surface area (Å²) in [6.07, 6.45) is 5.47.